The van der Waals surface area contributed by atoms with Gasteiger partial charge in [-0.2, -0.15) is 18.0 Å². The van der Waals surface area contributed by atoms with Gasteiger partial charge in [0.15, 0.2) is 11.6 Å². The van der Waals surface area contributed by atoms with Crippen molar-refractivity contribution in [2.75, 3.05) is 24.1 Å². The van der Waals surface area contributed by atoms with Crippen LogP contribution in [0.15, 0.2) is 59.0 Å². The highest BCUT2D eigenvalue weighted by Crippen LogP contribution is 2.34. The van der Waals surface area contributed by atoms with Gasteiger partial charge in [0.05, 0.1) is 34.7 Å². The number of aromatic nitrogens is 4. The number of nitriles is 1. The van der Waals surface area contributed by atoms with Crippen LogP contribution in [0.3, 0.4) is 0 Å². The Morgan fingerprint density at radius 3 is 2.49 bits per heavy atom. The van der Waals surface area contributed by atoms with E-state index in [1.165, 1.54) is 24.5 Å². The van der Waals surface area contributed by atoms with Gasteiger partial charge in [0.25, 0.3) is 5.56 Å². The van der Waals surface area contributed by atoms with E-state index >= 15 is 0 Å². The van der Waals surface area contributed by atoms with Crippen molar-refractivity contribution in [3.8, 4) is 23.3 Å². The van der Waals surface area contributed by atoms with Crippen LogP contribution in [0.4, 0.5) is 14.5 Å². The molecule has 1 unspecified atom stereocenters. The summed E-state index contributed by atoms with van der Waals surface area (Å²) in [7, 11) is -7.90. The average Bonchev–Trinajstić information content (AvgIpc) is 3.38. The van der Waals surface area contributed by atoms with Crippen LogP contribution in [0, 0.1) is 17.1 Å². The Balaban J connectivity index is 1.50. The largest absolute Gasteiger partial charge is 0.453 e. The van der Waals surface area contributed by atoms with Crippen LogP contribution in [0.1, 0.15) is 12.0 Å². The lowest BCUT2D eigenvalue weighted by Crippen LogP contribution is -2.34. The molecule has 41 heavy (non-hydrogen) atoms. The Morgan fingerprint density at radius 1 is 1.12 bits per heavy atom. The first-order chi connectivity index (χ1) is 19.4. The molecule has 17 heteroatoms. The minimum absolute atomic E-state index is 0.0165. The number of hydrogen-bond acceptors (Lipinski definition) is 10. The van der Waals surface area contributed by atoms with Crippen molar-refractivity contribution in [3.63, 3.8) is 0 Å². The number of nitrogens with one attached hydrogen (secondary N) is 1. The molecule has 0 saturated carbocycles. The highest BCUT2D eigenvalue weighted by atomic mass is 32.2. The second kappa shape index (κ2) is 10.5. The SMILES string of the molecule is CS(=O)(=O)c1ncc(-n2cnc3ccc(Oc4c(F)ccc(NS(=O)(=O)N5CCC(F)C5)c4C#N)cc3c2=O)cn1. The second-order valence-electron chi connectivity index (χ2n) is 8.96. The maximum absolute atomic E-state index is 14.8. The number of nitrogens with zero attached hydrogens (tertiary/aromatic N) is 6. The number of anilines is 1. The average molecular weight is 604 g/mol. The van der Waals surface area contributed by atoms with Crippen LogP contribution in [-0.2, 0) is 20.0 Å². The van der Waals surface area contributed by atoms with E-state index in [-0.39, 0.29) is 47.5 Å². The summed E-state index contributed by atoms with van der Waals surface area (Å²) in [5, 5.41) is 9.33. The summed E-state index contributed by atoms with van der Waals surface area (Å²) >= 11 is 0. The number of fused-ring (bicyclic) bond motifs is 1. The van der Waals surface area contributed by atoms with Crippen molar-refractivity contribution in [3.05, 3.63) is 70.8 Å². The third-order valence-electron chi connectivity index (χ3n) is 6.07. The lowest BCUT2D eigenvalue weighted by atomic mass is 10.1. The Bertz CT molecular complexity index is 2000. The molecule has 0 amide bonds. The summed E-state index contributed by atoms with van der Waals surface area (Å²) in [4.78, 5) is 24.9. The van der Waals surface area contributed by atoms with Crippen LogP contribution >= 0.6 is 0 Å². The van der Waals surface area contributed by atoms with Crippen molar-refractivity contribution >= 4 is 36.6 Å². The van der Waals surface area contributed by atoms with E-state index in [4.69, 9.17) is 4.74 Å². The molecule has 2 aromatic heterocycles. The third kappa shape index (κ3) is 5.57. The van der Waals surface area contributed by atoms with Gasteiger partial charge in [0.2, 0.25) is 15.0 Å². The molecule has 2 aromatic carbocycles. The molecular formula is C24H19F2N7O6S2. The number of hydrogen-bond donors (Lipinski definition) is 1. The molecule has 3 heterocycles. The van der Waals surface area contributed by atoms with Crippen LogP contribution in [-0.4, -0.2) is 66.2 Å². The molecule has 1 fully saturated rings. The number of benzene rings is 2. The Morgan fingerprint density at radius 2 is 1.85 bits per heavy atom. The fraction of sp³-hybridized carbons (Fsp3) is 0.208. The van der Waals surface area contributed by atoms with Gasteiger partial charge in [-0.3, -0.25) is 14.1 Å². The number of halogens is 2. The minimum atomic E-state index is -4.24. The molecule has 5 rings (SSSR count). The summed E-state index contributed by atoms with van der Waals surface area (Å²) in [6.45, 7) is -0.405. The first-order valence-corrected chi connectivity index (χ1v) is 15.1. The van der Waals surface area contributed by atoms with Crippen molar-refractivity contribution in [1.82, 2.24) is 23.8 Å². The molecule has 13 nitrogen and oxygen atoms in total. The Kier molecular flexibility index (Phi) is 7.15. The molecule has 0 bridgehead atoms. The molecule has 1 N–H and O–H groups in total. The molecule has 0 spiro atoms. The van der Waals surface area contributed by atoms with Crippen molar-refractivity contribution < 1.29 is 30.4 Å². The summed E-state index contributed by atoms with van der Waals surface area (Å²) in [5.41, 5.74) is -1.01. The molecule has 1 aliphatic heterocycles. The van der Waals surface area contributed by atoms with Gasteiger partial charge >= 0.3 is 10.2 Å². The van der Waals surface area contributed by atoms with Crippen molar-refractivity contribution in [1.29, 1.82) is 5.26 Å². The predicted octanol–water partition coefficient (Wildman–Crippen LogP) is 2.08. The van der Waals surface area contributed by atoms with E-state index in [0.717, 1.165) is 39.7 Å². The van der Waals surface area contributed by atoms with E-state index in [9.17, 15) is 35.7 Å². The molecule has 212 valence electrons. The first kappa shape index (κ1) is 28.0. The molecule has 1 saturated heterocycles. The summed E-state index contributed by atoms with van der Waals surface area (Å²) in [6.07, 6.45) is 3.11. The number of ether oxygens (including phenoxy) is 1. The molecule has 1 atom stereocenters. The van der Waals surface area contributed by atoms with Gasteiger partial charge in [-0.1, -0.05) is 0 Å². The summed E-state index contributed by atoms with van der Waals surface area (Å²) < 4.78 is 86.8. The second-order valence-corrected chi connectivity index (χ2v) is 12.5. The monoisotopic (exact) mass is 603 g/mol. The fourth-order valence-corrected chi connectivity index (χ4v) is 5.82. The lowest BCUT2D eigenvalue weighted by Gasteiger charge is -2.18. The Hall–Kier alpha value is -4.53. The molecular weight excluding hydrogens is 584 g/mol. The number of sulfone groups is 1. The minimum Gasteiger partial charge on any atom is -0.453 e. The van der Waals surface area contributed by atoms with Gasteiger partial charge in [-0.15, -0.1) is 0 Å². The van der Waals surface area contributed by atoms with Crippen LogP contribution in [0.25, 0.3) is 16.6 Å². The maximum atomic E-state index is 14.8. The van der Waals surface area contributed by atoms with E-state index in [1.807, 2.05) is 0 Å². The molecule has 0 radical (unpaired) electrons. The van der Waals surface area contributed by atoms with Crippen LogP contribution < -0.4 is 15.0 Å². The zero-order valence-electron chi connectivity index (χ0n) is 21.0. The van der Waals surface area contributed by atoms with Crippen LogP contribution in [0.2, 0.25) is 0 Å². The molecule has 0 aliphatic carbocycles. The van der Waals surface area contributed by atoms with E-state index < -0.39 is 54.1 Å². The molecule has 1 aliphatic rings. The van der Waals surface area contributed by atoms with E-state index in [2.05, 4.69) is 19.7 Å². The third-order valence-corrected chi connectivity index (χ3v) is 8.43. The zero-order valence-corrected chi connectivity index (χ0v) is 22.7. The maximum Gasteiger partial charge on any atom is 0.301 e. The Labute approximate surface area is 231 Å². The smallest absolute Gasteiger partial charge is 0.301 e. The molecule has 4 aromatic rings. The predicted molar refractivity (Wildman–Crippen MR) is 141 cm³/mol. The van der Waals surface area contributed by atoms with Crippen LogP contribution in [0.5, 0.6) is 11.5 Å². The quantitative estimate of drug-likeness (QED) is 0.308. The summed E-state index contributed by atoms with van der Waals surface area (Å²) in [5.74, 6) is -1.67. The van der Waals surface area contributed by atoms with Crippen molar-refractivity contribution in [2.24, 2.45) is 0 Å². The van der Waals surface area contributed by atoms with Crippen molar-refractivity contribution in [2.45, 2.75) is 17.7 Å². The van der Waals surface area contributed by atoms with E-state index in [1.54, 1.807) is 6.07 Å². The summed E-state index contributed by atoms with van der Waals surface area (Å²) in [6, 6.07) is 7.69. The van der Waals surface area contributed by atoms with E-state index in [0.29, 0.717) is 0 Å². The fourth-order valence-electron chi connectivity index (χ4n) is 4.05. The number of rotatable bonds is 7. The number of alkyl halides is 1. The van der Waals surface area contributed by atoms with Gasteiger partial charge in [0.1, 0.15) is 29.9 Å². The highest BCUT2D eigenvalue weighted by molar-refractivity contribution is 7.90. The topological polar surface area (TPSA) is 177 Å². The van der Waals surface area contributed by atoms with Gasteiger partial charge in [-0.05, 0) is 36.8 Å². The zero-order chi connectivity index (χ0) is 29.5. The first-order valence-electron chi connectivity index (χ1n) is 11.7. The normalized spacial score (nSPS) is 16.0. The van der Waals surface area contributed by atoms with Gasteiger partial charge < -0.3 is 4.74 Å². The lowest BCUT2D eigenvalue weighted by molar-refractivity contribution is 0.343. The van der Waals surface area contributed by atoms with Gasteiger partial charge in [-0.25, -0.2) is 32.2 Å². The highest BCUT2D eigenvalue weighted by Gasteiger charge is 2.32. The van der Waals surface area contributed by atoms with Gasteiger partial charge in [0, 0.05) is 19.3 Å². The standard InChI is InChI=1S/C24H19F2N7O6S2/c1-40(35,36)24-28-10-15(11-29-24)33-13-30-20-4-2-16(8-17(20)23(33)34)39-22-18(9-27)21(5-3-19(22)26)31-41(37,38)32-7-6-14(25)12-32/h2-5,8,10-11,13-14,31H,6-7,12H2,1H3.